The first-order chi connectivity index (χ1) is 9.33. The normalized spacial score (nSPS) is 29.6. The third kappa shape index (κ3) is 2.00. The smallest absolute Gasteiger partial charge is 0.311 e. The number of nitrogens with two attached hydrogens (primary N) is 1. The standard InChI is InChI=1S/C11H15N3O4S2/c12-20(17,18)8-4-13-10(19-8)14-5-7-2-1-3-11(7,6-14)9(15)16/h4,7H,1-3,5-6H2,(H,15,16)(H2,12,17,18)/t7-,11+/m0/s1. The van der Waals surface area contributed by atoms with Crippen molar-refractivity contribution < 1.29 is 18.3 Å². The summed E-state index contributed by atoms with van der Waals surface area (Å²) in [7, 11) is -3.75. The predicted molar refractivity (Wildman–Crippen MR) is 73.1 cm³/mol. The minimum atomic E-state index is -3.75. The van der Waals surface area contributed by atoms with Gasteiger partial charge in [0.1, 0.15) is 0 Å². The second-order valence-electron chi connectivity index (χ2n) is 5.44. The van der Waals surface area contributed by atoms with Gasteiger partial charge in [0.25, 0.3) is 0 Å². The summed E-state index contributed by atoms with van der Waals surface area (Å²) in [5.74, 6) is -0.646. The molecule has 7 nitrogen and oxygen atoms in total. The first-order valence-electron chi connectivity index (χ1n) is 6.30. The molecule has 2 atom stereocenters. The first kappa shape index (κ1) is 13.8. The third-order valence-corrected chi connectivity index (χ3v) is 6.79. The summed E-state index contributed by atoms with van der Waals surface area (Å²) in [6, 6.07) is 0. The van der Waals surface area contributed by atoms with Gasteiger partial charge in [-0.1, -0.05) is 17.8 Å². The molecule has 0 aromatic carbocycles. The summed E-state index contributed by atoms with van der Waals surface area (Å²) in [5, 5.41) is 15.1. The maximum Gasteiger partial charge on any atom is 0.311 e. The molecule has 110 valence electrons. The van der Waals surface area contributed by atoms with E-state index in [1.165, 1.54) is 6.20 Å². The lowest BCUT2D eigenvalue weighted by atomic mass is 9.81. The Morgan fingerprint density at radius 1 is 1.60 bits per heavy atom. The van der Waals surface area contributed by atoms with Crippen molar-refractivity contribution >= 4 is 32.5 Å². The largest absolute Gasteiger partial charge is 0.481 e. The van der Waals surface area contributed by atoms with Crippen molar-refractivity contribution in [3.63, 3.8) is 0 Å². The maximum absolute atomic E-state index is 11.6. The molecule has 1 aliphatic carbocycles. The molecular formula is C11H15N3O4S2. The van der Waals surface area contributed by atoms with E-state index in [1.54, 1.807) is 0 Å². The van der Waals surface area contributed by atoms with E-state index in [0.29, 0.717) is 24.6 Å². The molecule has 1 aromatic rings. The number of anilines is 1. The average Bonchev–Trinajstić information content (AvgIpc) is 3.00. The van der Waals surface area contributed by atoms with E-state index in [0.717, 1.165) is 24.2 Å². The Hall–Kier alpha value is -1.19. The van der Waals surface area contributed by atoms with Gasteiger partial charge < -0.3 is 10.0 Å². The number of aliphatic carboxylic acids is 1. The molecule has 0 unspecified atom stereocenters. The van der Waals surface area contributed by atoms with Crippen molar-refractivity contribution in [2.45, 2.75) is 23.5 Å². The van der Waals surface area contributed by atoms with Gasteiger partial charge in [-0.05, 0) is 18.8 Å². The van der Waals surface area contributed by atoms with Gasteiger partial charge in [-0.25, -0.2) is 18.5 Å². The Morgan fingerprint density at radius 2 is 2.35 bits per heavy atom. The van der Waals surface area contributed by atoms with Gasteiger partial charge in [0.05, 0.1) is 11.6 Å². The van der Waals surface area contributed by atoms with E-state index in [1.807, 2.05) is 4.90 Å². The molecule has 9 heteroatoms. The summed E-state index contributed by atoms with van der Waals surface area (Å²) >= 11 is 0.995. The topological polar surface area (TPSA) is 114 Å². The number of carboxylic acids is 1. The highest BCUT2D eigenvalue weighted by atomic mass is 32.2. The SMILES string of the molecule is NS(=O)(=O)c1cnc(N2C[C@@H]3CCC[C@@]3(C(=O)O)C2)s1. The molecule has 1 saturated heterocycles. The molecule has 1 aliphatic heterocycles. The minimum absolute atomic E-state index is 0.00827. The fraction of sp³-hybridized carbons (Fsp3) is 0.636. The monoisotopic (exact) mass is 317 g/mol. The molecule has 3 N–H and O–H groups in total. The predicted octanol–water partition coefficient (Wildman–Crippen LogP) is 0.482. The van der Waals surface area contributed by atoms with Gasteiger partial charge in [-0.2, -0.15) is 0 Å². The van der Waals surface area contributed by atoms with Crippen LogP contribution in [-0.2, 0) is 14.8 Å². The maximum atomic E-state index is 11.6. The highest BCUT2D eigenvalue weighted by molar-refractivity contribution is 7.91. The lowest BCUT2D eigenvalue weighted by Crippen LogP contribution is -2.35. The zero-order chi connectivity index (χ0) is 14.5. The van der Waals surface area contributed by atoms with Crippen LogP contribution in [0.2, 0.25) is 0 Å². The zero-order valence-electron chi connectivity index (χ0n) is 10.7. The average molecular weight is 317 g/mol. The van der Waals surface area contributed by atoms with Crippen LogP contribution < -0.4 is 10.0 Å². The molecule has 0 spiro atoms. The van der Waals surface area contributed by atoms with E-state index in [2.05, 4.69) is 4.98 Å². The Labute approximate surface area is 120 Å². The highest BCUT2D eigenvalue weighted by Crippen LogP contribution is 2.50. The fourth-order valence-electron chi connectivity index (χ4n) is 3.31. The molecule has 3 rings (SSSR count). The van der Waals surface area contributed by atoms with Gasteiger partial charge >= 0.3 is 5.97 Å². The number of primary sulfonamides is 1. The second kappa shape index (κ2) is 4.40. The van der Waals surface area contributed by atoms with Crippen LogP contribution in [0.3, 0.4) is 0 Å². The van der Waals surface area contributed by atoms with Gasteiger partial charge in [-0.3, -0.25) is 4.79 Å². The van der Waals surface area contributed by atoms with Crippen LogP contribution in [-0.4, -0.2) is 37.6 Å². The number of rotatable bonds is 3. The van der Waals surface area contributed by atoms with E-state index in [-0.39, 0.29) is 10.1 Å². The number of nitrogens with zero attached hydrogens (tertiary/aromatic N) is 2. The highest BCUT2D eigenvalue weighted by Gasteiger charge is 2.55. The summed E-state index contributed by atoms with van der Waals surface area (Å²) in [6.07, 6.45) is 3.75. The van der Waals surface area contributed by atoms with Crippen LogP contribution in [0.15, 0.2) is 10.4 Å². The Morgan fingerprint density at radius 3 is 2.90 bits per heavy atom. The quantitative estimate of drug-likeness (QED) is 0.838. The van der Waals surface area contributed by atoms with E-state index < -0.39 is 21.4 Å². The molecule has 0 bridgehead atoms. The Kier molecular flexibility index (Phi) is 3.03. The molecule has 2 heterocycles. The number of sulfonamides is 1. The molecule has 0 radical (unpaired) electrons. The third-order valence-electron chi connectivity index (χ3n) is 4.32. The minimum Gasteiger partial charge on any atom is -0.481 e. The van der Waals surface area contributed by atoms with Crippen LogP contribution in [0.4, 0.5) is 5.13 Å². The molecule has 20 heavy (non-hydrogen) atoms. The number of thiazole rings is 1. The van der Waals surface area contributed by atoms with Crippen molar-refractivity contribution in [3.8, 4) is 0 Å². The van der Waals surface area contributed by atoms with Crippen molar-refractivity contribution in [2.24, 2.45) is 16.5 Å². The number of hydrogen-bond donors (Lipinski definition) is 2. The number of aromatic nitrogens is 1. The second-order valence-corrected chi connectivity index (χ2v) is 8.24. The van der Waals surface area contributed by atoms with Crippen LogP contribution in [0.1, 0.15) is 19.3 Å². The summed E-state index contributed by atoms with van der Waals surface area (Å²) in [4.78, 5) is 17.5. The lowest BCUT2D eigenvalue weighted by molar-refractivity contribution is -0.149. The molecule has 2 aliphatic rings. The number of carboxylic acid groups (broad SMARTS) is 1. The van der Waals surface area contributed by atoms with Crippen molar-refractivity contribution in [1.29, 1.82) is 0 Å². The summed E-state index contributed by atoms with van der Waals surface area (Å²) < 4.78 is 22.5. The Balaban J connectivity index is 1.88. The number of hydrogen-bond acceptors (Lipinski definition) is 6. The van der Waals surface area contributed by atoms with E-state index in [9.17, 15) is 18.3 Å². The van der Waals surface area contributed by atoms with Crippen molar-refractivity contribution in [1.82, 2.24) is 4.98 Å². The van der Waals surface area contributed by atoms with Gasteiger partial charge in [0.2, 0.25) is 10.0 Å². The molecule has 1 saturated carbocycles. The van der Waals surface area contributed by atoms with Crippen molar-refractivity contribution in [3.05, 3.63) is 6.20 Å². The molecule has 1 aromatic heterocycles. The zero-order valence-corrected chi connectivity index (χ0v) is 12.3. The number of fused-ring (bicyclic) bond motifs is 1. The van der Waals surface area contributed by atoms with Crippen LogP contribution in [0.25, 0.3) is 0 Å². The van der Waals surface area contributed by atoms with Gasteiger partial charge in [-0.15, -0.1) is 0 Å². The lowest BCUT2D eigenvalue weighted by Gasteiger charge is -2.22. The van der Waals surface area contributed by atoms with Crippen LogP contribution in [0.5, 0.6) is 0 Å². The van der Waals surface area contributed by atoms with E-state index >= 15 is 0 Å². The van der Waals surface area contributed by atoms with Gasteiger partial charge in [0, 0.05) is 13.1 Å². The van der Waals surface area contributed by atoms with E-state index in [4.69, 9.17) is 5.14 Å². The number of carbonyl (C=O) groups is 1. The van der Waals surface area contributed by atoms with Gasteiger partial charge in [0.15, 0.2) is 9.34 Å². The Bertz CT molecular complexity index is 656. The molecular weight excluding hydrogens is 302 g/mol. The summed E-state index contributed by atoms with van der Waals surface area (Å²) in [5.41, 5.74) is -0.701. The van der Waals surface area contributed by atoms with Crippen LogP contribution >= 0.6 is 11.3 Å². The fourth-order valence-corrected chi connectivity index (χ4v) is 4.86. The van der Waals surface area contributed by atoms with Crippen molar-refractivity contribution in [2.75, 3.05) is 18.0 Å². The summed E-state index contributed by atoms with van der Waals surface area (Å²) in [6.45, 7) is 1.01. The van der Waals surface area contributed by atoms with Crippen LogP contribution in [0, 0.1) is 11.3 Å². The first-order valence-corrected chi connectivity index (χ1v) is 8.66. The molecule has 2 fully saturated rings. The molecule has 0 amide bonds.